The zero-order valence-corrected chi connectivity index (χ0v) is 14.5. The molecule has 0 spiro atoms. The van der Waals surface area contributed by atoms with Crippen LogP contribution in [-0.4, -0.2) is 29.2 Å². The molecule has 0 amide bonds. The third kappa shape index (κ3) is 3.95. The Labute approximate surface area is 150 Å². The topological polar surface area (TPSA) is 74.3 Å². The van der Waals surface area contributed by atoms with Crippen LogP contribution in [0.5, 0.6) is 5.75 Å². The summed E-state index contributed by atoms with van der Waals surface area (Å²) in [6.07, 6.45) is 2.26. The van der Waals surface area contributed by atoms with Gasteiger partial charge in [-0.3, -0.25) is 4.79 Å². The molecule has 0 radical (unpaired) electrons. The molecule has 130 valence electrons. The van der Waals surface area contributed by atoms with E-state index in [0.29, 0.717) is 23.7 Å². The van der Waals surface area contributed by atoms with Gasteiger partial charge in [0.1, 0.15) is 11.8 Å². The lowest BCUT2D eigenvalue weighted by atomic mass is 10.0. The molecule has 5 nitrogen and oxygen atoms in total. The molecule has 1 atom stereocenters. The van der Waals surface area contributed by atoms with Gasteiger partial charge in [0.2, 0.25) is 0 Å². The molecule has 3 N–H and O–H groups in total. The van der Waals surface area contributed by atoms with Crippen LogP contribution in [0.4, 0.5) is 0 Å². The highest BCUT2D eigenvalue weighted by atomic mass is 35.5. The van der Waals surface area contributed by atoms with E-state index >= 15 is 0 Å². The van der Waals surface area contributed by atoms with Crippen LogP contribution in [-0.2, 0) is 17.8 Å². The molecule has 2 aromatic carbocycles. The third-order valence-electron chi connectivity index (χ3n) is 4.17. The number of carboxylic acid groups (broad SMARTS) is 1. The van der Waals surface area contributed by atoms with Crippen molar-refractivity contribution in [3.05, 3.63) is 64.8 Å². The van der Waals surface area contributed by atoms with Gasteiger partial charge in [0, 0.05) is 30.1 Å². The van der Waals surface area contributed by atoms with E-state index in [1.807, 2.05) is 36.5 Å². The second kappa shape index (κ2) is 7.59. The summed E-state index contributed by atoms with van der Waals surface area (Å²) in [5.74, 6) is -0.288. The molecule has 0 aliphatic rings. The van der Waals surface area contributed by atoms with Crippen LogP contribution in [0.2, 0.25) is 5.02 Å². The molecule has 0 saturated heterocycles. The van der Waals surface area contributed by atoms with Crippen molar-refractivity contribution in [2.75, 3.05) is 7.11 Å². The first-order valence-electron chi connectivity index (χ1n) is 7.92. The summed E-state index contributed by atoms with van der Waals surface area (Å²) in [6.45, 7) is 0.406. The fourth-order valence-corrected chi connectivity index (χ4v) is 3.11. The Kier molecular flexibility index (Phi) is 5.26. The maximum absolute atomic E-state index is 11.6. The van der Waals surface area contributed by atoms with Crippen LogP contribution in [0.1, 0.15) is 11.1 Å². The maximum atomic E-state index is 11.6. The zero-order valence-electron chi connectivity index (χ0n) is 13.8. The smallest absolute Gasteiger partial charge is 0.321 e. The Hall–Kier alpha value is -2.50. The molecule has 3 aromatic rings. The number of aromatic nitrogens is 1. The molecule has 0 fully saturated rings. The van der Waals surface area contributed by atoms with Crippen molar-refractivity contribution in [2.24, 2.45) is 0 Å². The van der Waals surface area contributed by atoms with Gasteiger partial charge in [-0.05, 0) is 29.3 Å². The molecule has 0 bridgehead atoms. The number of methoxy groups -OCH3 is 1. The van der Waals surface area contributed by atoms with E-state index in [1.165, 1.54) is 0 Å². The monoisotopic (exact) mass is 358 g/mol. The molecule has 1 aromatic heterocycles. The van der Waals surface area contributed by atoms with Gasteiger partial charge >= 0.3 is 5.97 Å². The van der Waals surface area contributed by atoms with Crippen LogP contribution < -0.4 is 10.1 Å². The summed E-state index contributed by atoms with van der Waals surface area (Å²) in [4.78, 5) is 14.8. The average Bonchev–Trinajstić information content (AvgIpc) is 3.01. The highest BCUT2D eigenvalue weighted by Crippen LogP contribution is 2.25. The number of aliphatic carboxylic acids is 1. The predicted octanol–water partition coefficient (Wildman–Crippen LogP) is 3.62. The number of benzene rings is 2. The molecular weight excluding hydrogens is 340 g/mol. The first kappa shape index (κ1) is 17.3. The van der Waals surface area contributed by atoms with Crippen LogP contribution >= 0.6 is 11.6 Å². The molecular formula is C19H19ClN2O3. The van der Waals surface area contributed by atoms with Gasteiger partial charge in [-0.25, -0.2) is 0 Å². The maximum Gasteiger partial charge on any atom is 0.321 e. The van der Waals surface area contributed by atoms with E-state index in [-0.39, 0.29) is 0 Å². The number of carboxylic acids is 1. The molecule has 0 aliphatic heterocycles. The van der Waals surface area contributed by atoms with Crippen molar-refractivity contribution in [1.82, 2.24) is 10.3 Å². The minimum atomic E-state index is -0.884. The van der Waals surface area contributed by atoms with E-state index < -0.39 is 12.0 Å². The van der Waals surface area contributed by atoms with Gasteiger partial charge in [0.15, 0.2) is 0 Å². The summed E-state index contributed by atoms with van der Waals surface area (Å²) in [5, 5.41) is 14.2. The standard InChI is InChI=1S/C19H19ClN2O3/c1-25-18-7-6-12(8-15(18)20)10-21-17(19(23)24)9-13-11-22-16-5-3-2-4-14(13)16/h2-8,11,17,21-22H,9-10H2,1H3,(H,23,24). The second-order valence-electron chi connectivity index (χ2n) is 5.80. The van der Waals surface area contributed by atoms with E-state index in [2.05, 4.69) is 10.3 Å². The van der Waals surface area contributed by atoms with E-state index in [0.717, 1.165) is 22.0 Å². The number of hydrogen-bond donors (Lipinski definition) is 3. The van der Waals surface area contributed by atoms with Crippen LogP contribution in [0, 0.1) is 0 Å². The number of hydrogen-bond acceptors (Lipinski definition) is 3. The number of rotatable bonds is 7. The second-order valence-corrected chi connectivity index (χ2v) is 6.21. The Balaban J connectivity index is 1.71. The number of H-pyrrole nitrogens is 1. The predicted molar refractivity (Wildman–Crippen MR) is 98.3 cm³/mol. The molecule has 1 unspecified atom stereocenters. The summed E-state index contributed by atoms with van der Waals surface area (Å²) >= 11 is 6.11. The fourth-order valence-electron chi connectivity index (χ4n) is 2.83. The van der Waals surface area contributed by atoms with Gasteiger partial charge < -0.3 is 20.1 Å². The van der Waals surface area contributed by atoms with Gasteiger partial charge in [0.25, 0.3) is 0 Å². The lowest BCUT2D eigenvalue weighted by Crippen LogP contribution is -2.38. The lowest BCUT2D eigenvalue weighted by molar-refractivity contribution is -0.139. The molecule has 1 heterocycles. The molecule has 0 saturated carbocycles. The van der Waals surface area contributed by atoms with E-state index in [4.69, 9.17) is 16.3 Å². The van der Waals surface area contributed by atoms with Gasteiger partial charge in [-0.1, -0.05) is 35.9 Å². The molecule has 25 heavy (non-hydrogen) atoms. The number of carbonyl (C=O) groups is 1. The van der Waals surface area contributed by atoms with Crippen LogP contribution in [0.25, 0.3) is 10.9 Å². The molecule has 6 heteroatoms. The van der Waals surface area contributed by atoms with E-state index in [9.17, 15) is 9.90 Å². The van der Waals surface area contributed by atoms with Gasteiger partial charge in [-0.15, -0.1) is 0 Å². The normalized spacial score (nSPS) is 12.2. The van der Waals surface area contributed by atoms with Crippen molar-refractivity contribution < 1.29 is 14.6 Å². The summed E-state index contributed by atoms with van der Waals surface area (Å²) < 4.78 is 5.12. The average molecular weight is 359 g/mol. The lowest BCUT2D eigenvalue weighted by Gasteiger charge is -2.15. The summed E-state index contributed by atoms with van der Waals surface area (Å²) in [6, 6.07) is 12.6. The number of nitrogens with one attached hydrogen (secondary N) is 2. The van der Waals surface area contributed by atoms with Crippen LogP contribution in [0.3, 0.4) is 0 Å². The quantitative estimate of drug-likeness (QED) is 0.603. The highest BCUT2D eigenvalue weighted by molar-refractivity contribution is 6.32. The number of aromatic amines is 1. The zero-order chi connectivity index (χ0) is 17.8. The minimum Gasteiger partial charge on any atom is -0.495 e. The number of para-hydroxylation sites is 1. The summed E-state index contributed by atoms with van der Waals surface area (Å²) in [7, 11) is 1.56. The first-order valence-corrected chi connectivity index (χ1v) is 8.30. The SMILES string of the molecule is COc1ccc(CNC(Cc2c[nH]c3ccccc23)C(=O)O)cc1Cl. The number of fused-ring (bicyclic) bond motifs is 1. The van der Waals surface area contributed by atoms with Crippen molar-refractivity contribution in [1.29, 1.82) is 0 Å². The Morgan fingerprint density at radius 2 is 2.12 bits per heavy atom. The third-order valence-corrected chi connectivity index (χ3v) is 4.46. The van der Waals surface area contributed by atoms with Gasteiger partial charge in [-0.2, -0.15) is 0 Å². The fraction of sp³-hybridized carbons (Fsp3) is 0.211. The van der Waals surface area contributed by atoms with Crippen LogP contribution in [0.15, 0.2) is 48.7 Å². The molecule has 0 aliphatic carbocycles. The number of ether oxygens (including phenoxy) is 1. The highest BCUT2D eigenvalue weighted by Gasteiger charge is 2.19. The van der Waals surface area contributed by atoms with Crippen molar-refractivity contribution in [3.63, 3.8) is 0 Å². The van der Waals surface area contributed by atoms with Gasteiger partial charge in [0.05, 0.1) is 12.1 Å². The Bertz CT molecular complexity index is 891. The largest absolute Gasteiger partial charge is 0.495 e. The van der Waals surface area contributed by atoms with Crippen molar-refractivity contribution in [3.8, 4) is 5.75 Å². The van der Waals surface area contributed by atoms with Crippen molar-refractivity contribution in [2.45, 2.75) is 19.0 Å². The number of halogens is 1. The Morgan fingerprint density at radius 3 is 2.84 bits per heavy atom. The van der Waals surface area contributed by atoms with E-state index in [1.54, 1.807) is 19.2 Å². The minimum absolute atomic E-state index is 0.392. The van der Waals surface area contributed by atoms with Crippen molar-refractivity contribution >= 4 is 28.5 Å². The molecule has 3 rings (SSSR count). The first-order chi connectivity index (χ1) is 12.1. The summed E-state index contributed by atoms with van der Waals surface area (Å²) in [5.41, 5.74) is 2.88. The Morgan fingerprint density at radius 1 is 1.32 bits per heavy atom.